The zero-order valence-corrected chi connectivity index (χ0v) is 42.4. The molecule has 0 amide bonds. The van der Waals surface area contributed by atoms with Crippen LogP contribution in [0.15, 0.2) is 158 Å². The summed E-state index contributed by atoms with van der Waals surface area (Å²) in [5.41, 5.74) is 20.7. The second-order valence-electron chi connectivity index (χ2n) is 21.1. The summed E-state index contributed by atoms with van der Waals surface area (Å²) >= 11 is 0. The first kappa shape index (κ1) is 42.7. The van der Waals surface area contributed by atoms with Crippen molar-refractivity contribution in [2.45, 2.75) is 85.5 Å². The van der Waals surface area contributed by atoms with Crippen LogP contribution in [0.25, 0.3) is 43.4 Å². The third kappa shape index (κ3) is 6.79. The van der Waals surface area contributed by atoms with Crippen molar-refractivity contribution in [1.82, 2.24) is 0 Å². The number of fused-ring (bicyclic) bond motifs is 9. The normalized spacial score (nSPS) is 13.4. The molecule has 0 radical (unpaired) electrons. The Morgan fingerprint density at radius 3 is 1.37 bits per heavy atom. The number of para-hydroxylation sites is 2. The van der Waals surface area contributed by atoms with E-state index in [0.717, 1.165) is 0 Å². The molecular formula is C61H62N2Si2. The van der Waals surface area contributed by atoms with Crippen molar-refractivity contribution >= 4 is 82.6 Å². The highest BCUT2D eigenvalue weighted by atomic mass is 28.4. The highest BCUT2D eigenvalue weighted by Crippen LogP contribution is 2.62. The number of aryl methyl sites for hydroxylation is 6. The van der Waals surface area contributed by atoms with Gasteiger partial charge in [0, 0.05) is 38.8 Å². The molecule has 4 heteroatoms. The Balaban J connectivity index is 1.27. The fourth-order valence-electron chi connectivity index (χ4n) is 12.4. The molecular weight excluding hydrogens is 817 g/mol. The molecule has 0 fully saturated rings. The fraction of sp³-hybridized carbons (Fsp3) is 0.213. The summed E-state index contributed by atoms with van der Waals surface area (Å²) in [6, 6.07) is 60.6. The van der Waals surface area contributed by atoms with E-state index >= 15 is 0 Å². The van der Waals surface area contributed by atoms with Crippen LogP contribution < -0.4 is 9.80 Å². The Morgan fingerprint density at radius 1 is 0.369 bits per heavy atom. The molecule has 0 unspecified atom stereocenters. The summed E-state index contributed by atoms with van der Waals surface area (Å²) in [4.78, 5) is 4.95. The Bertz CT molecular complexity index is 3330. The molecule has 0 spiro atoms. The van der Waals surface area contributed by atoms with Gasteiger partial charge in [-0.15, -0.1) is 0 Å². The molecule has 65 heavy (non-hydrogen) atoms. The van der Waals surface area contributed by atoms with Gasteiger partial charge in [-0.2, -0.15) is 0 Å². The molecule has 0 saturated carbocycles. The Kier molecular flexibility index (Phi) is 10.2. The second kappa shape index (κ2) is 15.5. The molecule has 324 valence electrons. The molecule has 1 aliphatic carbocycles. The van der Waals surface area contributed by atoms with Crippen molar-refractivity contribution in [3.63, 3.8) is 0 Å². The van der Waals surface area contributed by atoms with Crippen LogP contribution >= 0.6 is 0 Å². The van der Waals surface area contributed by atoms with Crippen LogP contribution in [0.4, 0.5) is 34.1 Å². The number of benzene rings is 9. The van der Waals surface area contributed by atoms with E-state index in [4.69, 9.17) is 0 Å². The van der Waals surface area contributed by atoms with Crippen LogP contribution in [0, 0.1) is 41.5 Å². The van der Waals surface area contributed by atoms with E-state index in [0.29, 0.717) is 0 Å². The summed E-state index contributed by atoms with van der Waals surface area (Å²) in [6.45, 7) is 29.2. The topological polar surface area (TPSA) is 6.48 Å². The van der Waals surface area contributed by atoms with E-state index in [9.17, 15) is 0 Å². The Hall–Kier alpha value is -6.21. The maximum absolute atomic E-state index is 2.65. The number of hydrogen-bond acceptors (Lipinski definition) is 2. The maximum Gasteiger partial charge on any atom is 0.0579 e. The third-order valence-electron chi connectivity index (χ3n) is 14.4. The molecule has 0 atom stereocenters. The molecule has 1 aliphatic rings. The van der Waals surface area contributed by atoms with Gasteiger partial charge in [-0.05, 0) is 196 Å². The number of nitrogens with zero attached hydrogens (tertiary/aromatic N) is 2. The van der Waals surface area contributed by atoms with E-state index in [1.54, 1.807) is 11.1 Å². The van der Waals surface area contributed by atoms with Gasteiger partial charge in [0.25, 0.3) is 0 Å². The summed E-state index contributed by atoms with van der Waals surface area (Å²) in [7, 11) is -4.17. The van der Waals surface area contributed by atoms with Gasteiger partial charge in [-0.25, -0.2) is 0 Å². The van der Waals surface area contributed by atoms with E-state index in [1.807, 2.05) is 0 Å². The summed E-state index contributed by atoms with van der Waals surface area (Å²) < 4.78 is -0.0780. The highest BCUT2D eigenvalue weighted by Gasteiger charge is 2.60. The fourth-order valence-corrected chi connectivity index (χ4v) is 25.4. The molecule has 0 heterocycles. The lowest BCUT2D eigenvalue weighted by Crippen LogP contribution is -2.63. The lowest BCUT2D eigenvalue weighted by atomic mass is 9.90. The first-order valence-electron chi connectivity index (χ1n) is 23.4. The molecule has 0 aliphatic heterocycles. The molecule has 0 aromatic heterocycles. The quantitative estimate of drug-likeness (QED) is 0.111. The van der Waals surface area contributed by atoms with Gasteiger partial charge in [0.05, 0.1) is 16.1 Å². The van der Waals surface area contributed by atoms with Gasteiger partial charge in [0.1, 0.15) is 0 Å². The average Bonchev–Trinajstić information content (AvgIpc) is 3.56. The highest BCUT2D eigenvalue weighted by molar-refractivity contribution is 7.00. The first-order chi connectivity index (χ1) is 31.0. The minimum Gasteiger partial charge on any atom is -0.310 e. The molecule has 2 nitrogen and oxygen atoms in total. The van der Waals surface area contributed by atoms with Crippen molar-refractivity contribution in [1.29, 1.82) is 0 Å². The SMILES string of the molecule is Cc1cc(C)cc(N(c2ccc3cc4c(cc3c2)C([Si](C)(C)C)([Si](C)(C)C)c2c-4c3ccccc3c3cc(N(c4cc(C)cc(C)c4)c4ccccc4C)ccc23)c2ccccc2C)c1. The van der Waals surface area contributed by atoms with Crippen LogP contribution in [0.1, 0.15) is 44.5 Å². The number of rotatable bonds is 8. The van der Waals surface area contributed by atoms with Crippen LogP contribution in [-0.2, 0) is 4.66 Å². The number of anilines is 6. The molecule has 0 saturated heterocycles. The molecule has 9 aromatic rings. The molecule has 0 N–H and O–H groups in total. The summed E-state index contributed by atoms with van der Waals surface area (Å²) in [5, 5.41) is 8.00. The van der Waals surface area contributed by atoms with Crippen molar-refractivity contribution in [2.75, 3.05) is 9.80 Å². The van der Waals surface area contributed by atoms with E-state index in [2.05, 4.69) is 248 Å². The standard InChI is InChI=1S/C61H62N2Si2/c1-39-29-40(2)32-49(31-39)62(57-23-17-13-19-43(57)5)47-26-25-45-36-55-56(37-46(45)35-47)61(64(7,8)9,65(10,11)12)60-53-28-27-48(38-54(53)51-21-15-16-22-52(51)59(55)60)63(58-24-18-14-20-44(58)6)50-33-41(3)30-42(4)34-50/h13-38H,1-12H3. The average molecular weight is 879 g/mol. The molecule has 10 rings (SSSR count). The number of hydrogen-bond donors (Lipinski definition) is 0. The van der Waals surface area contributed by atoms with Crippen molar-refractivity contribution in [3.05, 3.63) is 202 Å². The smallest absolute Gasteiger partial charge is 0.0579 e. The van der Waals surface area contributed by atoms with E-state index in [-0.39, 0.29) is 4.66 Å². The Morgan fingerprint density at radius 2 is 0.846 bits per heavy atom. The Labute approximate surface area is 389 Å². The van der Waals surface area contributed by atoms with Crippen molar-refractivity contribution in [3.8, 4) is 11.1 Å². The van der Waals surface area contributed by atoms with Crippen LogP contribution in [0.3, 0.4) is 0 Å². The van der Waals surface area contributed by atoms with Gasteiger partial charge >= 0.3 is 0 Å². The van der Waals surface area contributed by atoms with E-state index < -0.39 is 16.1 Å². The first-order valence-corrected chi connectivity index (χ1v) is 30.4. The lowest BCUT2D eigenvalue weighted by Gasteiger charge is -2.51. The maximum atomic E-state index is 2.65. The second-order valence-corrected chi connectivity index (χ2v) is 32.1. The minimum atomic E-state index is -2.08. The molecule has 0 bridgehead atoms. The monoisotopic (exact) mass is 878 g/mol. The zero-order valence-electron chi connectivity index (χ0n) is 40.4. The minimum absolute atomic E-state index is 0.0780. The van der Waals surface area contributed by atoms with Crippen LogP contribution in [-0.4, -0.2) is 16.1 Å². The predicted molar refractivity (Wildman–Crippen MR) is 290 cm³/mol. The largest absolute Gasteiger partial charge is 0.310 e. The summed E-state index contributed by atoms with van der Waals surface area (Å²) in [6.07, 6.45) is 0. The van der Waals surface area contributed by atoms with Gasteiger partial charge in [0.15, 0.2) is 0 Å². The predicted octanol–water partition coefficient (Wildman–Crippen LogP) is 18.0. The summed E-state index contributed by atoms with van der Waals surface area (Å²) in [5.74, 6) is 0. The van der Waals surface area contributed by atoms with Gasteiger partial charge < -0.3 is 9.80 Å². The van der Waals surface area contributed by atoms with Gasteiger partial charge in [0.2, 0.25) is 0 Å². The van der Waals surface area contributed by atoms with Gasteiger partial charge in [-0.3, -0.25) is 0 Å². The van der Waals surface area contributed by atoms with Crippen LogP contribution in [0.2, 0.25) is 39.3 Å². The van der Waals surface area contributed by atoms with Crippen LogP contribution in [0.5, 0.6) is 0 Å². The van der Waals surface area contributed by atoms with E-state index in [1.165, 1.54) is 111 Å². The van der Waals surface area contributed by atoms with Crippen molar-refractivity contribution < 1.29 is 0 Å². The third-order valence-corrected chi connectivity index (χ3v) is 24.5. The van der Waals surface area contributed by atoms with Gasteiger partial charge in [-0.1, -0.05) is 130 Å². The lowest BCUT2D eigenvalue weighted by molar-refractivity contribution is 0.965. The zero-order chi connectivity index (χ0) is 45.7. The van der Waals surface area contributed by atoms with Crippen molar-refractivity contribution in [2.24, 2.45) is 0 Å². The molecule has 9 aromatic carbocycles.